The SMILES string of the molecule is Cc1cccc(C)c1NS(=O)(=O)c1ccc(NC(=O)C2CCN(Cc3ccccc3)CC2)cc1. The van der Waals surface area contributed by atoms with E-state index >= 15 is 0 Å². The molecule has 1 amide bonds. The van der Waals surface area contributed by atoms with Crippen molar-refractivity contribution in [2.45, 2.75) is 38.1 Å². The van der Waals surface area contributed by atoms with E-state index in [0.29, 0.717) is 11.4 Å². The number of carbonyl (C=O) groups is 1. The molecule has 0 saturated carbocycles. The molecule has 1 saturated heterocycles. The van der Waals surface area contributed by atoms with Gasteiger partial charge in [0.15, 0.2) is 0 Å². The Hall–Kier alpha value is -3.16. The lowest BCUT2D eigenvalue weighted by molar-refractivity contribution is -0.121. The Morgan fingerprint density at radius 2 is 1.50 bits per heavy atom. The molecule has 1 aliphatic heterocycles. The van der Waals surface area contributed by atoms with Crippen LogP contribution in [0.3, 0.4) is 0 Å². The maximum Gasteiger partial charge on any atom is 0.261 e. The van der Waals surface area contributed by atoms with Gasteiger partial charge in [0.1, 0.15) is 0 Å². The van der Waals surface area contributed by atoms with E-state index in [2.05, 4.69) is 27.1 Å². The molecule has 0 spiro atoms. The number of nitrogens with zero attached hydrogens (tertiary/aromatic N) is 1. The highest BCUT2D eigenvalue weighted by Crippen LogP contribution is 2.25. The number of sulfonamides is 1. The molecule has 4 rings (SSSR count). The summed E-state index contributed by atoms with van der Waals surface area (Å²) in [4.78, 5) is 15.3. The number of hydrogen-bond donors (Lipinski definition) is 2. The largest absolute Gasteiger partial charge is 0.326 e. The Morgan fingerprint density at radius 1 is 0.882 bits per heavy atom. The van der Waals surface area contributed by atoms with Crippen LogP contribution in [-0.4, -0.2) is 32.3 Å². The van der Waals surface area contributed by atoms with Crippen LogP contribution in [0.4, 0.5) is 11.4 Å². The van der Waals surface area contributed by atoms with Gasteiger partial charge in [-0.05, 0) is 80.7 Å². The fourth-order valence-corrected chi connectivity index (χ4v) is 5.53. The highest BCUT2D eigenvalue weighted by Gasteiger charge is 2.25. The van der Waals surface area contributed by atoms with Crippen LogP contribution in [0.15, 0.2) is 77.7 Å². The van der Waals surface area contributed by atoms with Crippen molar-refractivity contribution in [3.05, 3.63) is 89.5 Å². The number of para-hydroxylation sites is 1. The summed E-state index contributed by atoms with van der Waals surface area (Å²) in [7, 11) is -3.72. The van der Waals surface area contributed by atoms with Crippen LogP contribution in [0, 0.1) is 19.8 Å². The summed E-state index contributed by atoms with van der Waals surface area (Å²) in [6, 6.07) is 22.3. The van der Waals surface area contributed by atoms with Crippen LogP contribution >= 0.6 is 0 Å². The summed E-state index contributed by atoms with van der Waals surface area (Å²) in [5.41, 5.74) is 4.21. The third-order valence-electron chi connectivity index (χ3n) is 6.36. The Kier molecular flexibility index (Phi) is 7.34. The van der Waals surface area contributed by atoms with E-state index in [1.165, 1.54) is 17.7 Å². The van der Waals surface area contributed by atoms with Crippen molar-refractivity contribution in [1.82, 2.24) is 4.90 Å². The summed E-state index contributed by atoms with van der Waals surface area (Å²) >= 11 is 0. The highest BCUT2D eigenvalue weighted by atomic mass is 32.2. The molecule has 2 N–H and O–H groups in total. The van der Waals surface area contributed by atoms with Crippen LogP contribution in [0.2, 0.25) is 0 Å². The van der Waals surface area contributed by atoms with Gasteiger partial charge >= 0.3 is 0 Å². The standard InChI is InChI=1S/C27H31N3O3S/c1-20-7-6-8-21(2)26(20)29-34(32,33)25-13-11-24(12-14-25)28-27(31)23-15-17-30(18-16-23)19-22-9-4-3-5-10-22/h3-14,23,29H,15-19H2,1-2H3,(H,28,31). The number of hydrogen-bond acceptors (Lipinski definition) is 4. The molecule has 0 atom stereocenters. The van der Waals surface area contributed by atoms with Gasteiger partial charge in [-0.2, -0.15) is 0 Å². The molecule has 0 aliphatic carbocycles. The number of likely N-dealkylation sites (tertiary alicyclic amines) is 1. The molecule has 3 aromatic rings. The maximum absolute atomic E-state index is 12.8. The van der Waals surface area contributed by atoms with Gasteiger partial charge < -0.3 is 5.32 Å². The first-order chi connectivity index (χ1) is 16.3. The lowest BCUT2D eigenvalue weighted by Crippen LogP contribution is -2.37. The molecule has 1 fully saturated rings. The number of anilines is 2. The van der Waals surface area contributed by atoms with E-state index in [1.54, 1.807) is 12.1 Å². The summed E-state index contributed by atoms with van der Waals surface area (Å²) < 4.78 is 28.4. The molecule has 0 bridgehead atoms. The Labute approximate surface area is 202 Å². The molecular weight excluding hydrogens is 446 g/mol. The van der Waals surface area contributed by atoms with Crippen molar-refractivity contribution in [3.63, 3.8) is 0 Å². The average Bonchev–Trinajstić information content (AvgIpc) is 2.83. The number of carbonyl (C=O) groups excluding carboxylic acids is 1. The van der Waals surface area contributed by atoms with Gasteiger partial charge in [0, 0.05) is 18.2 Å². The van der Waals surface area contributed by atoms with E-state index in [1.807, 2.05) is 50.2 Å². The second kappa shape index (κ2) is 10.4. The smallest absolute Gasteiger partial charge is 0.261 e. The third kappa shape index (κ3) is 5.85. The number of benzene rings is 3. The van der Waals surface area contributed by atoms with Gasteiger partial charge in [-0.25, -0.2) is 8.42 Å². The lowest BCUT2D eigenvalue weighted by atomic mass is 9.95. The number of rotatable bonds is 7. The first-order valence-corrected chi connectivity index (χ1v) is 13.1. The molecule has 34 heavy (non-hydrogen) atoms. The first kappa shape index (κ1) is 24.0. The summed E-state index contributed by atoms with van der Waals surface area (Å²) in [6.07, 6.45) is 1.62. The minimum absolute atomic E-state index is 0.0105. The van der Waals surface area contributed by atoms with Crippen molar-refractivity contribution in [2.24, 2.45) is 5.92 Å². The van der Waals surface area contributed by atoms with Gasteiger partial charge in [-0.1, -0.05) is 48.5 Å². The molecule has 0 radical (unpaired) electrons. The molecule has 0 unspecified atom stereocenters. The lowest BCUT2D eigenvalue weighted by Gasteiger charge is -2.31. The summed E-state index contributed by atoms with van der Waals surface area (Å²) in [5.74, 6) is -0.0511. The predicted molar refractivity (Wildman–Crippen MR) is 136 cm³/mol. The molecule has 6 nitrogen and oxygen atoms in total. The maximum atomic E-state index is 12.8. The second-order valence-corrected chi connectivity index (χ2v) is 10.6. The van der Waals surface area contributed by atoms with Crippen LogP contribution < -0.4 is 10.0 Å². The minimum atomic E-state index is -3.72. The highest BCUT2D eigenvalue weighted by molar-refractivity contribution is 7.92. The number of piperidine rings is 1. The normalized spacial score (nSPS) is 15.1. The fourth-order valence-electron chi connectivity index (χ4n) is 4.33. The Balaban J connectivity index is 1.32. The zero-order valence-corrected chi connectivity index (χ0v) is 20.4. The van der Waals surface area contributed by atoms with Crippen molar-refractivity contribution >= 4 is 27.3 Å². The fraction of sp³-hybridized carbons (Fsp3) is 0.296. The average molecular weight is 478 g/mol. The van der Waals surface area contributed by atoms with Gasteiger partial charge in [0.2, 0.25) is 5.91 Å². The van der Waals surface area contributed by atoms with Crippen molar-refractivity contribution in [1.29, 1.82) is 0 Å². The zero-order valence-electron chi connectivity index (χ0n) is 19.6. The number of nitrogens with one attached hydrogen (secondary N) is 2. The van der Waals surface area contributed by atoms with Gasteiger partial charge in [0.05, 0.1) is 10.6 Å². The monoisotopic (exact) mass is 477 g/mol. The number of aryl methyl sites for hydroxylation is 2. The Morgan fingerprint density at radius 3 is 2.12 bits per heavy atom. The summed E-state index contributed by atoms with van der Waals surface area (Å²) in [5, 5.41) is 2.95. The molecule has 0 aromatic heterocycles. The van der Waals surface area contributed by atoms with Gasteiger partial charge in [0.25, 0.3) is 10.0 Å². The molecule has 1 aliphatic rings. The van der Waals surface area contributed by atoms with E-state index in [4.69, 9.17) is 0 Å². The number of amides is 1. The van der Waals surface area contributed by atoms with Gasteiger partial charge in [-0.15, -0.1) is 0 Å². The molecule has 1 heterocycles. The summed E-state index contributed by atoms with van der Waals surface area (Å²) in [6.45, 7) is 6.41. The second-order valence-electron chi connectivity index (χ2n) is 8.92. The van der Waals surface area contributed by atoms with Crippen LogP contribution in [0.25, 0.3) is 0 Å². The molecule has 3 aromatic carbocycles. The van der Waals surface area contributed by atoms with E-state index in [0.717, 1.165) is 43.6 Å². The molecular formula is C27H31N3O3S. The van der Waals surface area contributed by atoms with Gasteiger partial charge in [-0.3, -0.25) is 14.4 Å². The van der Waals surface area contributed by atoms with Crippen molar-refractivity contribution in [2.75, 3.05) is 23.1 Å². The Bertz CT molecular complexity index is 1210. The van der Waals surface area contributed by atoms with E-state index in [9.17, 15) is 13.2 Å². The molecule has 178 valence electrons. The minimum Gasteiger partial charge on any atom is -0.326 e. The molecule has 7 heteroatoms. The quantitative estimate of drug-likeness (QED) is 0.504. The third-order valence-corrected chi connectivity index (χ3v) is 7.72. The van der Waals surface area contributed by atoms with Crippen molar-refractivity contribution in [3.8, 4) is 0 Å². The predicted octanol–water partition coefficient (Wildman–Crippen LogP) is 4.95. The van der Waals surface area contributed by atoms with E-state index < -0.39 is 10.0 Å². The first-order valence-electron chi connectivity index (χ1n) is 11.6. The van der Waals surface area contributed by atoms with Crippen LogP contribution in [-0.2, 0) is 21.4 Å². The van der Waals surface area contributed by atoms with E-state index in [-0.39, 0.29) is 16.7 Å². The topological polar surface area (TPSA) is 78.5 Å². The van der Waals surface area contributed by atoms with Crippen molar-refractivity contribution < 1.29 is 13.2 Å². The van der Waals surface area contributed by atoms with Crippen LogP contribution in [0.5, 0.6) is 0 Å². The zero-order chi connectivity index (χ0) is 24.1. The van der Waals surface area contributed by atoms with Crippen LogP contribution in [0.1, 0.15) is 29.5 Å².